The molecule has 13 heteroatoms. The Bertz CT molecular complexity index is 1210. The third-order valence-electron chi connectivity index (χ3n) is 5.38. The zero-order valence-corrected chi connectivity index (χ0v) is 19.7. The third kappa shape index (κ3) is 6.05. The number of nitro groups is 1. The molecular weight excluding hydrogens is 476 g/mol. The maximum atomic E-state index is 12.6. The van der Waals surface area contributed by atoms with Crippen molar-refractivity contribution in [2.75, 3.05) is 32.7 Å². The van der Waals surface area contributed by atoms with Gasteiger partial charge in [-0.05, 0) is 31.2 Å². The molecule has 0 aliphatic carbocycles. The maximum absolute atomic E-state index is 12.6. The topological polar surface area (TPSA) is 166 Å². The number of hydrogen-bond acceptors (Lipinski definition) is 9. The number of benzene rings is 2. The predicted molar refractivity (Wildman–Crippen MR) is 124 cm³/mol. The van der Waals surface area contributed by atoms with E-state index in [1.165, 1.54) is 44.6 Å². The molecule has 0 saturated carbocycles. The average molecular weight is 500 g/mol. The van der Waals surface area contributed by atoms with E-state index in [2.05, 4.69) is 10.7 Å². The van der Waals surface area contributed by atoms with Gasteiger partial charge in [-0.15, -0.1) is 0 Å². The van der Waals surface area contributed by atoms with Crippen LogP contribution in [0.4, 0.5) is 11.4 Å². The van der Waals surface area contributed by atoms with Crippen LogP contribution in [0.3, 0.4) is 0 Å². The van der Waals surface area contributed by atoms with Gasteiger partial charge in [-0.3, -0.25) is 39.7 Å². The van der Waals surface area contributed by atoms with E-state index in [9.17, 15) is 29.3 Å². The molecule has 1 aliphatic rings. The Morgan fingerprint density at radius 1 is 1.11 bits per heavy atom. The number of esters is 1. The standard InChI is InChI=1S/C23H24N4O9/c1-13-4-6-16(10-17(13)27(32)33)24-20(28)12-36-23(31)15-9-21(29)26(11-15)25-22(30)14-5-7-18(34-2)19(8-14)35-3/h4-8,10,15H,9,11-12H2,1-3H3,(H,24,28)(H,25,30)/t15-/m1/s1. The van der Waals surface area contributed by atoms with Crippen LogP contribution in [0.5, 0.6) is 11.5 Å². The number of nitrogens with zero attached hydrogens (tertiary/aromatic N) is 2. The molecule has 1 saturated heterocycles. The van der Waals surface area contributed by atoms with Crippen LogP contribution in [0.25, 0.3) is 0 Å². The molecule has 3 rings (SSSR count). The van der Waals surface area contributed by atoms with Crippen LogP contribution in [0.15, 0.2) is 36.4 Å². The van der Waals surface area contributed by atoms with E-state index in [1.807, 2.05) is 0 Å². The van der Waals surface area contributed by atoms with Crippen molar-refractivity contribution in [1.82, 2.24) is 10.4 Å². The molecule has 0 radical (unpaired) electrons. The molecule has 1 atom stereocenters. The monoisotopic (exact) mass is 500 g/mol. The number of hydrogen-bond donors (Lipinski definition) is 2. The minimum atomic E-state index is -0.892. The van der Waals surface area contributed by atoms with Crippen molar-refractivity contribution in [1.29, 1.82) is 0 Å². The molecule has 36 heavy (non-hydrogen) atoms. The molecule has 0 unspecified atom stereocenters. The summed E-state index contributed by atoms with van der Waals surface area (Å²) in [6.07, 6.45) is -0.211. The summed E-state index contributed by atoms with van der Waals surface area (Å²) in [5.74, 6) is -2.72. The van der Waals surface area contributed by atoms with Gasteiger partial charge in [0.15, 0.2) is 18.1 Å². The molecule has 1 fully saturated rings. The summed E-state index contributed by atoms with van der Waals surface area (Å²) in [6, 6.07) is 8.64. The molecule has 190 valence electrons. The van der Waals surface area contributed by atoms with Crippen LogP contribution < -0.4 is 20.2 Å². The van der Waals surface area contributed by atoms with Gasteiger partial charge >= 0.3 is 5.97 Å². The predicted octanol–water partition coefficient (Wildman–Crippen LogP) is 1.60. The lowest BCUT2D eigenvalue weighted by atomic mass is 10.1. The molecular formula is C23H24N4O9. The number of rotatable bonds is 9. The first-order valence-corrected chi connectivity index (χ1v) is 10.7. The van der Waals surface area contributed by atoms with E-state index in [4.69, 9.17) is 14.2 Å². The Morgan fingerprint density at radius 3 is 2.50 bits per heavy atom. The van der Waals surface area contributed by atoms with Crippen LogP contribution in [-0.2, 0) is 19.1 Å². The van der Waals surface area contributed by atoms with Crippen LogP contribution in [0.2, 0.25) is 0 Å². The number of aryl methyl sites for hydroxylation is 1. The molecule has 1 heterocycles. The first-order chi connectivity index (χ1) is 17.1. The lowest BCUT2D eigenvalue weighted by Crippen LogP contribution is -2.43. The number of carbonyl (C=O) groups excluding carboxylic acids is 4. The highest BCUT2D eigenvalue weighted by Gasteiger charge is 2.37. The maximum Gasteiger partial charge on any atom is 0.311 e. The zero-order valence-electron chi connectivity index (χ0n) is 19.7. The van der Waals surface area contributed by atoms with Crippen molar-refractivity contribution in [3.8, 4) is 11.5 Å². The van der Waals surface area contributed by atoms with Crippen LogP contribution >= 0.6 is 0 Å². The van der Waals surface area contributed by atoms with E-state index in [0.717, 1.165) is 5.01 Å². The van der Waals surface area contributed by atoms with Gasteiger partial charge in [-0.25, -0.2) is 0 Å². The summed E-state index contributed by atoms with van der Waals surface area (Å²) in [5.41, 5.74) is 3.09. The van der Waals surface area contributed by atoms with Crippen LogP contribution in [0, 0.1) is 23.0 Å². The first kappa shape index (κ1) is 25.9. The highest BCUT2D eigenvalue weighted by molar-refractivity contribution is 5.97. The van der Waals surface area contributed by atoms with Gasteiger partial charge in [0.2, 0.25) is 5.91 Å². The fourth-order valence-electron chi connectivity index (χ4n) is 3.47. The summed E-state index contributed by atoms with van der Waals surface area (Å²) >= 11 is 0. The smallest absolute Gasteiger partial charge is 0.311 e. The number of carbonyl (C=O) groups is 4. The Hall–Kier alpha value is -4.68. The number of hydrazine groups is 1. The minimum Gasteiger partial charge on any atom is -0.493 e. The fraction of sp³-hybridized carbons (Fsp3) is 0.304. The number of methoxy groups -OCH3 is 2. The number of amides is 3. The van der Waals surface area contributed by atoms with Crippen LogP contribution in [-0.4, -0.2) is 61.0 Å². The lowest BCUT2D eigenvalue weighted by Gasteiger charge is -2.18. The second-order valence-electron chi connectivity index (χ2n) is 7.83. The average Bonchev–Trinajstić information content (AvgIpc) is 3.22. The van der Waals surface area contributed by atoms with Gasteiger partial charge in [0.05, 0.1) is 31.6 Å². The van der Waals surface area contributed by atoms with Crippen LogP contribution in [0.1, 0.15) is 22.3 Å². The largest absolute Gasteiger partial charge is 0.493 e. The van der Waals surface area contributed by atoms with Gasteiger partial charge in [0.1, 0.15) is 0 Å². The Morgan fingerprint density at radius 2 is 1.83 bits per heavy atom. The molecule has 2 aromatic rings. The van der Waals surface area contributed by atoms with Crippen molar-refractivity contribution < 1.29 is 38.3 Å². The SMILES string of the molecule is COc1ccc(C(=O)NN2C[C@H](C(=O)OCC(=O)Nc3ccc(C)c([N+](=O)[O-])c3)CC2=O)cc1OC. The van der Waals surface area contributed by atoms with Crippen molar-refractivity contribution >= 4 is 35.1 Å². The van der Waals surface area contributed by atoms with E-state index in [-0.39, 0.29) is 29.9 Å². The Kier molecular flexibility index (Phi) is 8.04. The Balaban J connectivity index is 1.52. The lowest BCUT2D eigenvalue weighted by molar-refractivity contribution is -0.385. The van der Waals surface area contributed by atoms with Gasteiger partial charge in [0, 0.05) is 29.3 Å². The molecule has 2 N–H and O–H groups in total. The number of nitrogens with one attached hydrogen (secondary N) is 2. The van der Waals surface area contributed by atoms with Gasteiger partial charge < -0.3 is 19.5 Å². The van der Waals surface area contributed by atoms with Crippen molar-refractivity contribution in [2.24, 2.45) is 5.92 Å². The van der Waals surface area contributed by atoms with E-state index in [0.29, 0.717) is 17.1 Å². The second kappa shape index (κ2) is 11.2. The quantitative estimate of drug-likeness (QED) is 0.295. The third-order valence-corrected chi connectivity index (χ3v) is 5.38. The normalized spacial score (nSPS) is 14.7. The summed E-state index contributed by atoms with van der Waals surface area (Å²) in [5, 5.41) is 14.5. The summed E-state index contributed by atoms with van der Waals surface area (Å²) < 4.78 is 15.3. The molecule has 2 aromatic carbocycles. The summed E-state index contributed by atoms with van der Waals surface area (Å²) in [7, 11) is 2.88. The van der Waals surface area contributed by atoms with Gasteiger partial charge in [-0.2, -0.15) is 0 Å². The van der Waals surface area contributed by atoms with Crippen molar-refractivity contribution in [3.63, 3.8) is 0 Å². The highest BCUT2D eigenvalue weighted by atomic mass is 16.6. The molecule has 3 amide bonds. The molecule has 0 bridgehead atoms. The van der Waals surface area contributed by atoms with Gasteiger partial charge in [-0.1, -0.05) is 6.07 Å². The van der Waals surface area contributed by atoms with Crippen molar-refractivity contribution in [3.05, 3.63) is 57.6 Å². The summed E-state index contributed by atoms with van der Waals surface area (Å²) in [6.45, 7) is 0.777. The number of nitro benzene ring substituents is 1. The Labute approximate surface area is 205 Å². The van der Waals surface area contributed by atoms with Crippen molar-refractivity contribution in [2.45, 2.75) is 13.3 Å². The zero-order chi connectivity index (χ0) is 26.4. The summed E-state index contributed by atoms with van der Waals surface area (Å²) in [4.78, 5) is 59.8. The van der Waals surface area contributed by atoms with E-state index < -0.39 is 41.1 Å². The van der Waals surface area contributed by atoms with E-state index >= 15 is 0 Å². The van der Waals surface area contributed by atoms with Gasteiger partial charge in [0.25, 0.3) is 17.5 Å². The minimum absolute atomic E-state index is 0.136. The number of anilines is 1. The molecule has 13 nitrogen and oxygen atoms in total. The van der Waals surface area contributed by atoms with E-state index in [1.54, 1.807) is 13.0 Å². The molecule has 0 aromatic heterocycles. The first-order valence-electron chi connectivity index (χ1n) is 10.7. The fourth-order valence-corrected chi connectivity index (χ4v) is 3.47. The highest BCUT2D eigenvalue weighted by Crippen LogP contribution is 2.28. The number of ether oxygens (including phenoxy) is 3. The molecule has 1 aliphatic heterocycles. The second-order valence-corrected chi connectivity index (χ2v) is 7.83. The molecule has 0 spiro atoms.